The zero-order valence-corrected chi connectivity index (χ0v) is 15.5. The minimum atomic E-state index is -0.584. The highest BCUT2D eigenvalue weighted by Crippen LogP contribution is 2.24. The van der Waals surface area contributed by atoms with Crippen molar-refractivity contribution in [2.24, 2.45) is 0 Å². The number of hydrogen-bond acceptors (Lipinski definition) is 4. The molecule has 6 nitrogen and oxygen atoms in total. The van der Waals surface area contributed by atoms with Gasteiger partial charge in [0.05, 0.1) is 17.8 Å². The molecule has 2 aromatic carbocycles. The van der Waals surface area contributed by atoms with Gasteiger partial charge in [-0.2, -0.15) is 0 Å². The van der Waals surface area contributed by atoms with Crippen LogP contribution in [0.1, 0.15) is 20.8 Å². The summed E-state index contributed by atoms with van der Waals surface area (Å²) in [6, 6.07) is 13.6. The van der Waals surface area contributed by atoms with Gasteiger partial charge in [-0.25, -0.2) is 4.39 Å². The fourth-order valence-electron chi connectivity index (χ4n) is 2.41. The van der Waals surface area contributed by atoms with E-state index in [0.717, 1.165) is 6.07 Å². The van der Waals surface area contributed by atoms with Gasteiger partial charge in [-0.3, -0.25) is 14.6 Å². The van der Waals surface area contributed by atoms with Crippen molar-refractivity contribution in [1.29, 1.82) is 0 Å². The molecule has 0 radical (unpaired) electrons. The molecule has 0 unspecified atom stereocenters. The molecule has 8 heteroatoms. The van der Waals surface area contributed by atoms with Crippen LogP contribution in [0.4, 0.5) is 15.8 Å². The molecule has 0 bridgehead atoms. The zero-order valence-electron chi connectivity index (χ0n) is 14.7. The summed E-state index contributed by atoms with van der Waals surface area (Å²) in [6.07, 6.45) is 1.35. The van der Waals surface area contributed by atoms with E-state index < -0.39 is 17.6 Å². The first kappa shape index (κ1) is 19.3. The molecule has 2 N–H and O–H groups in total. The van der Waals surface area contributed by atoms with E-state index in [2.05, 4.69) is 15.6 Å². The molecule has 0 atom stereocenters. The third-order valence-corrected chi connectivity index (χ3v) is 4.08. The van der Waals surface area contributed by atoms with Gasteiger partial charge in [-0.05, 0) is 42.5 Å². The number of hydrogen-bond donors (Lipinski definition) is 2. The highest BCUT2D eigenvalue weighted by Gasteiger charge is 2.14. The van der Waals surface area contributed by atoms with Gasteiger partial charge in [0.1, 0.15) is 17.3 Å². The molecule has 0 spiro atoms. The number of nitrogens with zero attached hydrogens (tertiary/aromatic N) is 1. The summed E-state index contributed by atoms with van der Waals surface area (Å²) in [5, 5.41) is 5.17. The Kier molecular flexibility index (Phi) is 5.86. The van der Waals surface area contributed by atoms with E-state index in [-0.39, 0.29) is 16.3 Å². The Hall–Kier alpha value is -3.45. The maximum absolute atomic E-state index is 13.2. The molecule has 1 heterocycles. The average molecular weight is 400 g/mol. The maximum atomic E-state index is 13.2. The first-order chi connectivity index (χ1) is 13.5. The van der Waals surface area contributed by atoms with E-state index in [9.17, 15) is 14.0 Å². The Balaban J connectivity index is 1.76. The average Bonchev–Trinajstić information content (AvgIpc) is 2.71. The Morgan fingerprint density at radius 3 is 2.57 bits per heavy atom. The monoisotopic (exact) mass is 399 g/mol. The van der Waals surface area contributed by atoms with Crippen molar-refractivity contribution < 1.29 is 18.7 Å². The summed E-state index contributed by atoms with van der Waals surface area (Å²) in [6.45, 7) is 0. The standard InChI is InChI=1S/C20H15ClFN3O3/c1-28-18-5-3-2-4-16(18)25-20(27)17-10-12(8-9-23-17)19(26)24-13-6-7-15(22)14(21)11-13/h2-11H,1H3,(H,24,26)(H,25,27). The topological polar surface area (TPSA) is 80.3 Å². The summed E-state index contributed by atoms with van der Waals surface area (Å²) in [5.41, 5.74) is 1.07. The second kappa shape index (κ2) is 8.49. The van der Waals surface area contributed by atoms with Crippen molar-refractivity contribution in [2.45, 2.75) is 0 Å². The summed E-state index contributed by atoms with van der Waals surface area (Å²) in [5.74, 6) is -1.07. The molecule has 28 heavy (non-hydrogen) atoms. The van der Waals surface area contributed by atoms with E-state index in [4.69, 9.17) is 16.3 Å². The van der Waals surface area contributed by atoms with Crippen LogP contribution in [0.5, 0.6) is 5.75 Å². The van der Waals surface area contributed by atoms with Crippen LogP contribution in [0.15, 0.2) is 60.8 Å². The Morgan fingerprint density at radius 2 is 1.82 bits per heavy atom. The van der Waals surface area contributed by atoms with E-state index in [1.54, 1.807) is 24.3 Å². The van der Waals surface area contributed by atoms with Crippen LogP contribution in [0, 0.1) is 5.82 Å². The summed E-state index contributed by atoms with van der Waals surface area (Å²) < 4.78 is 18.4. The second-order valence-electron chi connectivity index (χ2n) is 5.67. The third-order valence-electron chi connectivity index (χ3n) is 3.79. The van der Waals surface area contributed by atoms with Crippen molar-refractivity contribution in [1.82, 2.24) is 4.98 Å². The van der Waals surface area contributed by atoms with Crippen LogP contribution in [-0.2, 0) is 0 Å². The van der Waals surface area contributed by atoms with Crippen LogP contribution >= 0.6 is 11.6 Å². The Bertz CT molecular complexity index is 1040. The lowest BCUT2D eigenvalue weighted by atomic mass is 10.2. The van der Waals surface area contributed by atoms with Crippen molar-refractivity contribution >= 4 is 34.8 Å². The molecule has 142 valence electrons. The van der Waals surface area contributed by atoms with Crippen molar-refractivity contribution in [3.8, 4) is 5.75 Å². The molecule has 3 aromatic rings. The number of carbonyl (C=O) groups excluding carboxylic acids is 2. The predicted octanol–water partition coefficient (Wildman–Crippen LogP) is 4.39. The first-order valence-electron chi connectivity index (χ1n) is 8.15. The van der Waals surface area contributed by atoms with Gasteiger partial charge in [0.25, 0.3) is 11.8 Å². The lowest BCUT2D eigenvalue weighted by molar-refractivity contribution is 0.102. The van der Waals surface area contributed by atoms with Crippen LogP contribution in [0.2, 0.25) is 5.02 Å². The molecular formula is C20H15ClFN3O3. The Morgan fingerprint density at radius 1 is 1.04 bits per heavy atom. The van der Waals surface area contributed by atoms with Crippen molar-refractivity contribution in [2.75, 3.05) is 17.7 Å². The molecule has 0 aliphatic heterocycles. The van der Waals surface area contributed by atoms with Gasteiger partial charge >= 0.3 is 0 Å². The van der Waals surface area contributed by atoms with Gasteiger partial charge in [-0.1, -0.05) is 23.7 Å². The molecular weight excluding hydrogens is 385 g/mol. The number of rotatable bonds is 5. The molecule has 2 amide bonds. The number of ether oxygens (including phenoxy) is 1. The largest absolute Gasteiger partial charge is 0.495 e. The fraction of sp³-hybridized carbons (Fsp3) is 0.0500. The number of anilines is 2. The molecule has 0 aliphatic rings. The van der Waals surface area contributed by atoms with Gasteiger partial charge in [0.2, 0.25) is 0 Å². The number of aromatic nitrogens is 1. The predicted molar refractivity (Wildman–Crippen MR) is 105 cm³/mol. The zero-order chi connectivity index (χ0) is 20.1. The fourth-order valence-corrected chi connectivity index (χ4v) is 2.59. The smallest absolute Gasteiger partial charge is 0.274 e. The molecule has 1 aromatic heterocycles. The lowest BCUT2D eigenvalue weighted by Crippen LogP contribution is -2.17. The van der Waals surface area contributed by atoms with Crippen LogP contribution in [0.3, 0.4) is 0 Å². The molecule has 0 fully saturated rings. The minimum absolute atomic E-state index is 0.0516. The van der Waals surface area contributed by atoms with E-state index in [1.807, 2.05) is 0 Å². The highest BCUT2D eigenvalue weighted by atomic mass is 35.5. The lowest BCUT2D eigenvalue weighted by Gasteiger charge is -2.10. The number of nitrogens with one attached hydrogen (secondary N) is 2. The second-order valence-corrected chi connectivity index (χ2v) is 6.07. The summed E-state index contributed by atoms with van der Waals surface area (Å²) in [7, 11) is 1.50. The van der Waals surface area contributed by atoms with Gasteiger partial charge in [0, 0.05) is 17.4 Å². The van der Waals surface area contributed by atoms with Crippen molar-refractivity contribution in [3.05, 3.63) is 82.9 Å². The quantitative estimate of drug-likeness (QED) is 0.667. The van der Waals surface area contributed by atoms with E-state index >= 15 is 0 Å². The number of amides is 2. The molecule has 0 saturated heterocycles. The van der Waals surface area contributed by atoms with Crippen LogP contribution in [-0.4, -0.2) is 23.9 Å². The minimum Gasteiger partial charge on any atom is -0.495 e. The highest BCUT2D eigenvalue weighted by molar-refractivity contribution is 6.31. The SMILES string of the molecule is COc1ccccc1NC(=O)c1cc(C(=O)Nc2ccc(F)c(Cl)c2)ccn1. The Labute approximate surface area is 165 Å². The number of pyridine rings is 1. The van der Waals surface area contributed by atoms with E-state index in [1.165, 1.54) is 37.6 Å². The normalized spacial score (nSPS) is 10.2. The summed E-state index contributed by atoms with van der Waals surface area (Å²) in [4.78, 5) is 28.9. The maximum Gasteiger partial charge on any atom is 0.274 e. The first-order valence-corrected chi connectivity index (χ1v) is 8.52. The van der Waals surface area contributed by atoms with Gasteiger partial charge in [0.15, 0.2) is 0 Å². The number of benzene rings is 2. The van der Waals surface area contributed by atoms with Crippen molar-refractivity contribution in [3.63, 3.8) is 0 Å². The number of methoxy groups -OCH3 is 1. The number of carbonyl (C=O) groups is 2. The summed E-state index contributed by atoms with van der Waals surface area (Å²) >= 11 is 5.71. The van der Waals surface area contributed by atoms with Crippen LogP contribution in [0.25, 0.3) is 0 Å². The van der Waals surface area contributed by atoms with Gasteiger partial charge < -0.3 is 15.4 Å². The molecule has 3 rings (SSSR count). The number of para-hydroxylation sites is 2. The van der Waals surface area contributed by atoms with Crippen LogP contribution < -0.4 is 15.4 Å². The van der Waals surface area contributed by atoms with E-state index in [0.29, 0.717) is 17.1 Å². The molecule has 0 saturated carbocycles. The van der Waals surface area contributed by atoms with Gasteiger partial charge in [-0.15, -0.1) is 0 Å². The molecule has 0 aliphatic carbocycles. The number of halogens is 2. The third kappa shape index (κ3) is 4.44.